The Labute approximate surface area is 161 Å². The van der Waals surface area contributed by atoms with E-state index in [-0.39, 0.29) is 16.8 Å². The van der Waals surface area contributed by atoms with Crippen LogP contribution in [0, 0.1) is 0 Å². The van der Waals surface area contributed by atoms with Gasteiger partial charge >= 0.3 is 0 Å². The number of hydrogen-bond donors (Lipinski definition) is 3. The van der Waals surface area contributed by atoms with Crippen molar-refractivity contribution in [3.63, 3.8) is 0 Å². The van der Waals surface area contributed by atoms with E-state index in [2.05, 4.69) is 16.2 Å². The molecule has 0 aliphatic carbocycles. The lowest BCUT2D eigenvalue weighted by Gasteiger charge is -2.12. The third kappa shape index (κ3) is 5.72. The van der Waals surface area contributed by atoms with Gasteiger partial charge in [-0.1, -0.05) is 23.7 Å². The van der Waals surface area contributed by atoms with Crippen LogP contribution in [0.25, 0.3) is 0 Å². The van der Waals surface area contributed by atoms with Crippen LogP contribution in [0.4, 0.5) is 0 Å². The fourth-order valence-electron chi connectivity index (χ4n) is 1.99. The van der Waals surface area contributed by atoms with Crippen molar-refractivity contribution < 1.29 is 14.3 Å². The van der Waals surface area contributed by atoms with Crippen molar-refractivity contribution >= 4 is 40.7 Å². The summed E-state index contributed by atoms with van der Waals surface area (Å²) in [6.45, 7) is 3.84. The molecule has 8 heteroatoms. The Bertz CT molecular complexity index is 810. The first-order valence-corrected chi connectivity index (χ1v) is 8.58. The number of benzene rings is 2. The van der Waals surface area contributed by atoms with E-state index < -0.39 is 11.8 Å². The Morgan fingerprint density at radius 1 is 1.00 bits per heavy atom. The van der Waals surface area contributed by atoms with E-state index in [4.69, 9.17) is 28.6 Å². The van der Waals surface area contributed by atoms with Gasteiger partial charge in [0.1, 0.15) is 5.75 Å². The third-order valence-corrected chi connectivity index (χ3v) is 3.66. The zero-order chi connectivity index (χ0) is 19.1. The van der Waals surface area contributed by atoms with E-state index in [0.29, 0.717) is 16.3 Å². The van der Waals surface area contributed by atoms with Gasteiger partial charge < -0.3 is 4.74 Å². The first-order valence-electron chi connectivity index (χ1n) is 7.79. The number of hydrogen-bond acceptors (Lipinski definition) is 4. The molecule has 0 heterocycles. The summed E-state index contributed by atoms with van der Waals surface area (Å²) < 4.78 is 5.52. The van der Waals surface area contributed by atoms with E-state index in [9.17, 15) is 9.59 Å². The summed E-state index contributed by atoms with van der Waals surface area (Å²) in [7, 11) is 0. The van der Waals surface area contributed by atoms with Crippen LogP contribution >= 0.6 is 23.8 Å². The van der Waals surface area contributed by atoms with E-state index in [0.717, 1.165) is 0 Å². The van der Waals surface area contributed by atoms with Crippen LogP contribution in [-0.4, -0.2) is 23.0 Å². The molecule has 26 heavy (non-hydrogen) atoms. The van der Waals surface area contributed by atoms with Gasteiger partial charge in [-0.05, 0) is 62.5 Å². The monoisotopic (exact) mass is 391 g/mol. The van der Waals surface area contributed by atoms with Gasteiger partial charge in [0.05, 0.1) is 16.7 Å². The van der Waals surface area contributed by atoms with Crippen LogP contribution in [0.1, 0.15) is 34.6 Å². The lowest BCUT2D eigenvalue weighted by molar-refractivity contribution is 0.0934. The standard InChI is InChI=1S/C18H18ClN3O3S/c1-11(2)25-13-9-7-12(8-10-13)16(23)20-18(26)22-21-17(24)14-5-3-4-6-15(14)19/h3-11H,1-2H3,(H,21,24)(H2,20,22,23,26). The highest BCUT2D eigenvalue weighted by Crippen LogP contribution is 2.14. The highest BCUT2D eigenvalue weighted by Gasteiger charge is 2.11. The van der Waals surface area contributed by atoms with Gasteiger partial charge in [0, 0.05) is 5.56 Å². The number of ether oxygens (including phenoxy) is 1. The normalized spacial score (nSPS) is 10.2. The second kappa shape index (κ2) is 9.17. The second-order valence-corrected chi connectivity index (χ2v) is 6.35. The Morgan fingerprint density at radius 3 is 2.27 bits per heavy atom. The molecule has 2 rings (SSSR count). The van der Waals surface area contributed by atoms with Gasteiger partial charge in [-0.15, -0.1) is 0 Å². The lowest BCUT2D eigenvalue weighted by atomic mass is 10.2. The topological polar surface area (TPSA) is 79.5 Å². The average Bonchev–Trinajstić information content (AvgIpc) is 2.60. The molecular weight excluding hydrogens is 374 g/mol. The zero-order valence-electron chi connectivity index (χ0n) is 14.2. The van der Waals surface area contributed by atoms with Crippen LogP contribution in [0.2, 0.25) is 5.02 Å². The predicted molar refractivity (Wildman–Crippen MR) is 104 cm³/mol. The number of hydrazine groups is 1. The quantitative estimate of drug-likeness (QED) is 0.551. The van der Waals surface area contributed by atoms with Crippen LogP contribution < -0.4 is 20.9 Å². The summed E-state index contributed by atoms with van der Waals surface area (Å²) in [5.41, 5.74) is 5.53. The van der Waals surface area contributed by atoms with E-state index in [1.807, 2.05) is 13.8 Å². The molecule has 6 nitrogen and oxygen atoms in total. The number of carbonyl (C=O) groups excluding carboxylic acids is 2. The van der Waals surface area contributed by atoms with Crippen molar-refractivity contribution in [3.8, 4) is 5.75 Å². The maximum absolute atomic E-state index is 12.1. The summed E-state index contributed by atoms with van der Waals surface area (Å²) in [6.07, 6.45) is 0.0492. The maximum atomic E-state index is 12.1. The van der Waals surface area contributed by atoms with Gasteiger partial charge in [-0.25, -0.2) is 0 Å². The molecule has 0 saturated carbocycles. The second-order valence-electron chi connectivity index (χ2n) is 5.53. The smallest absolute Gasteiger partial charge is 0.271 e. The van der Waals surface area contributed by atoms with Crippen LogP contribution in [-0.2, 0) is 0 Å². The molecule has 2 aromatic carbocycles. The van der Waals surface area contributed by atoms with Gasteiger partial charge in [-0.2, -0.15) is 0 Å². The third-order valence-electron chi connectivity index (χ3n) is 3.12. The first-order chi connectivity index (χ1) is 12.4. The minimum atomic E-state index is -0.470. The van der Waals surface area contributed by atoms with Crippen molar-refractivity contribution in [2.24, 2.45) is 0 Å². The molecule has 3 N–H and O–H groups in total. The summed E-state index contributed by atoms with van der Waals surface area (Å²) in [5, 5.41) is 2.74. The minimum absolute atomic E-state index is 0.0436. The largest absolute Gasteiger partial charge is 0.491 e. The van der Waals surface area contributed by atoms with Crippen molar-refractivity contribution in [2.75, 3.05) is 0 Å². The van der Waals surface area contributed by atoms with Crippen molar-refractivity contribution in [2.45, 2.75) is 20.0 Å². The van der Waals surface area contributed by atoms with E-state index >= 15 is 0 Å². The molecule has 0 aromatic heterocycles. The van der Waals surface area contributed by atoms with E-state index in [1.54, 1.807) is 48.5 Å². The van der Waals surface area contributed by atoms with Crippen LogP contribution in [0.3, 0.4) is 0 Å². The van der Waals surface area contributed by atoms with Crippen molar-refractivity contribution in [1.29, 1.82) is 0 Å². The fraction of sp³-hybridized carbons (Fsp3) is 0.167. The molecule has 0 aliphatic heterocycles. The van der Waals surface area contributed by atoms with Gasteiger partial charge in [-0.3, -0.25) is 25.8 Å². The number of halogens is 1. The summed E-state index contributed by atoms with van der Waals surface area (Å²) in [6, 6.07) is 13.2. The number of thiocarbonyl (C=S) groups is 1. The highest BCUT2D eigenvalue weighted by atomic mass is 35.5. The molecular formula is C18H18ClN3O3S. The molecule has 136 valence electrons. The molecule has 0 fully saturated rings. The Kier molecular flexibility index (Phi) is 6.94. The van der Waals surface area contributed by atoms with Crippen LogP contribution in [0.15, 0.2) is 48.5 Å². The fourth-order valence-corrected chi connectivity index (χ4v) is 2.36. The van der Waals surface area contributed by atoms with Gasteiger partial charge in [0.25, 0.3) is 11.8 Å². The molecule has 2 amide bonds. The van der Waals surface area contributed by atoms with Crippen molar-refractivity contribution in [3.05, 3.63) is 64.7 Å². The first kappa shape index (κ1) is 19.7. The molecule has 2 aromatic rings. The van der Waals surface area contributed by atoms with E-state index in [1.165, 1.54) is 0 Å². The lowest BCUT2D eigenvalue weighted by Crippen LogP contribution is -2.48. The number of nitrogens with one attached hydrogen (secondary N) is 3. The molecule has 0 atom stereocenters. The molecule has 0 saturated heterocycles. The summed E-state index contributed by atoms with van der Waals surface area (Å²) in [4.78, 5) is 24.2. The molecule has 0 unspecified atom stereocenters. The molecule has 0 radical (unpaired) electrons. The molecule has 0 spiro atoms. The Hall–Kier alpha value is -2.64. The SMILES string of the molecule is CC(C)Oc1ccc(C(=O)NC(=S)NNC(=O)c2ccccc2Cl)cc1. The average molecular weight is 392 g/mol. The van der Waals surface area contributed by atoms with Crippen molar-refractivity contribution in [1.82, 2.24) is 16.2 Å². The summed E-state index contributed by atoms with van der Waals surface area (Å²) >= 11 is 10.9. The number of rotatable bonds is 4. The Morgan fingerprint density at radius 2 is 1.65 bits per heavy atom. The minimum Gasteiger partial charge on any atom is -0.491 e. The van der Waals surface area contributed by atoms with Crippen LogP contribution in [0.5, 0.6) is 5.75 Å². The predicted octanol–water partition coefficient (Wildman–Crippen LogP) is 3.08. The van der Waals surface area contributed by atoms with Gasteiger partial charge in [0.15, 0.2) is 5.11 Å². The molecule has 0 aliphatic rings. The zero-order valence-corrected chi connectivity index (χ0v) is 15.8. The number of amides is 2. The highest BCUT2D eigenvalue weighted by molar-refractivity contribution is 7.80. The maximum Gasteiger partial charge on any atom is 0.271 e. The number of carbonyl (C=O) groups is 2. The van der Waals surface area contributed by atoms with Gasteiger partial charge in [0.2, 0.25) is 0 Å². The summed E-state index contributed by atoms with van der Waals surface area (Å²) in [5.74, 6) is -0.211. The molecule has 0 bridgehead atoms. The Balaban J connectivity index is 1.86.